The van der Waals surface area contributed by atoms with Gasteiger partial charge in [-0.2, -0.15) is 24.4 Å². The first-order chi connectivity index (χ1) is 15.6. The first-order valence-corrected chi connectivity index (χ1v) is 12.6. The number of carboxylic acids is 1. The predicted molar refractivity (Wildman–Crippen MR) is 130 cm³/mol. The summed E-state index contributed by atoms with van der Waals surface area (Å²) in [5.74, 6) is -3.51. The molecule has 0 aromatic rings. The molecule has 0 aliphatic heterocycles. The molecule has 0 aliphatic rings. The van der Waals surface area contributed by atoms with Crippen LogP contribution in [0, 0.1) is 0 Å². The van der Waals surface area contributed by atoms with E-state index in [1.807, 2.05) is 6.26 Å². The fourth-order valence-corrected chi connectivity index (χ4v) is 3.43. The van der Waals surface area contributed by atoms with Gasteiger partial charge in [0.15, 0.2) is 0 Å². The van der Waals surface area contributed by atoms with Crippen molar-refractivity contribution in [2.45, 2.75) is 62.7 Å². The van der Waals surface area contributed by atoms with E-state index in [0.717, 1.165) is 6.42 Å². The van der Waals surface area contributed by atoms with Crippen LogP contribution in [0.4, 0.5) is 0 Å². The molecule has 0 bridgehead atoms. The summed E-state index contributed by atoms with van der Waals surface area (Å²) < 4.78 is 0. The van der Waals surface area contributed by atoms with Crippen molar-refractivity contribution in [2.75, 3.05) is 24.3 Å². The lowest BCUT2D eigenvalue weighted by molar-refractivity contribution is -0.142. The molecule has 12 nitrogen and oxygen atoms in total. The van der Waals surface area contributed by atoms with Crippen LogP contribution in [0.15, 0.2) is 0 Å². The normalized spacial score (nSPS) is 14.4. The third kappa shape index (κ3) is 13.3. The SMILES string of the molecule is CSCCC(NC(=O)C(N)CCCCN)C(=O)NC(CS)C(=O)NC(CCC(N)=O)C(=O)O. The van der Waals surface area contributed by atoms with Gasteiger partial charge in [-0.15, -0.1) is 0 Å². The van der Waals surface area contributed by atoms with Crippen LogP contribution in [0.2, 0.25) is 0 Å². The van der Waals surface area contributed by atoms with Gasteiger partial charge in [0, 0.05) is 12.2 Å². The van der Waals surface area contributed by atoms with Gasteiger partial charge in [0.2, 0.25) is 23.6 Å². The highest BCUT2D eigenvalue weighted by Crippen LogP contribution is 2.05. The van der Waals surface area contributed by atoms with Gasteiger partial charge in [-0.1, -0.05) is 6.42 Å². The van der Waals surface area contributed by atoms with E-state index in [9.17, 15) is 29.1 Å². The van der Waals surface area contributed by atoms with Crippen LogP contribution in [0.5, 0.6) is 0 Å². The Labute approximate surface area is 203 Å². The van der Waals surface area contributed by atoms with Crippen LogP contribution >= 0.6 is 24.4 Å². The average molecular weight is 509 g/mol. The summed E-state index contributed by atoms with van der Waals surface area (Å²) >= 11 is 5.54. The average Bonchev–Trinajstić information content (AvgIpc) is 2.76. The first kappa shape index (κ1) is 31.0. The zero-order valence-electron chi connectivity index (χ0n) is 18.7. The van der Waals surface area contributed by atoms with Crippen molar-refractivity contribution in [1.82, 2.24) is 16.0 Å². The topological polar surface area (TPSA) is 220 Å². The van der Waals surface area contributed by atoms with Gasteiger partial charge < -0.3 is 38.3 Å². The largest absolute Gasteiger partial charge is 0.480 e. The van der Waals surface area contributed by atoms with Gasteiger partial charge in [-0.25, -0.2) is 4.79 Å². The molecule has 10 N–H and O–H groups in total. The predicted octanol–water partition coefficient (Wildman–Crippen LogP) is -2.07. The fraction of sp³-hybridized carbons (Fsp3) is 0.737. The van der Waals surface area contributed by atoms with E-state index in [4.69, 9.17) is 17.2 Å². The molecule has 0 aromatic carbocycles. The third-order valence-corrected chi connectivity index (χ3v) is 5.67. The Morgan fingerprint density at radius 2 is 1.48 bits per heavy atom. The number of carbonyl (C=O) groups is 5. The lowest BCUT2D eigenvalue weighted by Crippen LogP contribution is -2.57. The molecule has 4 amide bonds. The Morgan fingerprint density at radius 1 is 0.909 bits per heavy atom. The molecule has 0 aromatic heterocycles. The van der Waals surface area contributed by atoms with Crippen molar-refractivity contribution >= 4 is 54.0 Å². The van der Waals surface area contributed by atoms with E-state index in [1.54, 1.807) is 0 Å². The lowest BCUT2D eigenvalue weighted by atomic mass is 10.1. The van der Waals surface area contributed by atoms with Crippen molar-refractivity contribution in [3.05, 3.63) is 0 Å². The highest BCUT2D eigenvalue weighted by molar-refractivity contribution is 7.98. The fourth-order valence-electron chi connectivity index (χ4n) is 2.71. The Hall–Kier alpha value is -2.03. The van der Waals surface area contributed by atoms with E-state index in [-0.39, 0.29) is 18.6 Å². The minimum absolute atomic E-state index is 0.123. The minimum Gasteiger partial charge on any atom is -0.480 e. The molecule has 0 rings (SSSR count). The molecular formula is C19H36N6O6S2. The number of nitrogens with one attached hydrogen (secondary N) is 3. The summed E-state index contributed by atoms with van der Waals surface area (Å²) in [4.78, 5) is 60.0. The van der Waals surface area contributed by atoms with Crippen molar-refractivity contribution < 1.29 is 29.1 Å². The van der Waals surface area contributed by atoms with E-state index < -0.39 is 53.8 Å². The number of hydrogen-bond donors (Lipinski definition) is 8. The minimum atomic E-state index is -1.36. The van der Waals surface area contributed by atoms with Crippen LogP contribution in [0.1, 0.15) is 38.5 Å². The highest BCUT2D eigenvalue weighted by Gasteiger charge is 2.29. The summed E-state index contributed by atoms with van der Waals surface area (Å²) in [6, 6.07) is -4.26. The van der Waals surface area contributed by atoms with Gasteiger partial charge in [-0.05, 0) is 44.2 Å². The second kappa shape index (κ2) is 17.4. The highest BCUT2D eigenvalue weighted by atomic mass is 32.2. The van der Waals surface area contributed by atoms with Crippen LogP contribution < -0.4 is 33.2 Å². The number of primary amides is 1. The van der Waals surface area contributed by atoms with Crippen LogP contribution in [0.25, 0.3) is 0 Å². The Morgan fingerprint density at radius 3 is 2.00 bits per heavy atom. The molecule has 33 heavy (non-hydrogen) atoms. The number of carbonyl (C=O) groups excluding carboxylic acids is 4. The number of nitrogens with two attached hydrogens (primary N) is 3. The maximum absolute atomic E-state index is 12.8. The summed E-state index contributed by atoms with van der Waals surface area (Å²) in [5.41, 5.74) is 16.4. The molecular weight excluding hydrogens is 472 g/mol. The zero-order valence-corrected chi connectivity index (χ0v) is 20.5. The summed E-state index contributed by atoms with van der Waals surface area (Å²) in [6.07, 6.45) is 3.54. The standard InChI is InChI=1S/C19H36N6O6S2/c1-33-9-7-12(23-16(27)11(21)4-2-3-8-20)17(28)25-14(10-32)18(29)24-13(19(30)31)5-6-15(22)26/h11-14,32H,2-10,20-21H2,1H3,(H2,22,26)(H,23,27)(H,24,29)(H,25,28)(H,30,31). The molecule has 4 unspecified atom stereocenters. The molecule has 4 atom stereocenters. The van der Waals surface area contributed by atoms with Crippen molar-refractivity contribution in [2.24, 2.45) is 17.2 Å². The molecule has 0 spiro atoms. The number of thioether (sulfide) groups is 1. The number of carboxylic acid groups (broad SMARTS) is 1. The van der Waals surface area contributed by atoms with Crippen LogP contribution in [-0.4, -0.2) is 83.2 Å². The van der Waals surface area contributed by atoms with Crippen molar-refractivity contribution in [3.8, 4) is 0 Å². The molecule has 0 radical (unpaired) electrons. The maximum atomic E-state index is 12.8. The van der Waals surface area contributed by atoms with E-state index in [0.29, 0.717) is 31.6 Å². The van der Waals surface area contributed by atoms with Crippen molar-refractivity contribution in [1.29, 1.82) is 0 Å². The second-order valence-corrected chi connectivity index (χ2v) is 8.73. The molecule has 14 heteroatoms. The smallest absolute Gasteiger partial charge is 0.326 e. The van der Waals surface area contributed by atoms with E-state index >= 15 is 0 Å². The molecule has 0 aliphatic carbocycles. The number of rotatable bonds is 18. The molecule has 190 valence electrons. The Bertz CT molecular complexity index is 669. The molecule has 0 fully saturated rings. The van der Waals surface area contributed by atoms with E-state index in [2.05, 4.69) is 28.6 Å². The second-order valence-electron chi connectivity index (χ2n) is 7.38. The number of thiol groups is 1. The molecule has 0 saturated carbocycles. The van der Waals surface area contributed by atoms with Gasteiger partial charge in [0.1, 0.15) is 18.1 Å². The monoisotopic (exact) mass is 508 g/mol. The first-order valence-electron chi connectivity index (χ1n) is 10.5. The number of hydrogen-bond acceptors (Lipinski definition) is 9. The van der Waals surface area contributed by atoms with Gasteiger partial charge in [-0.3, -0.25) is 19.2 Å². The zero-order chi connectivity index (χ0) is 25.4. The third-order valence-electron chi connectivity index (χ3n) is 4.66. The summed E-state index contributed by atoms with van der Waals surface area (Å²) in [6.45, 7) is 0.492. The quantitative estimate of drug-likeness (QED) is 0.0751. The van der Waals surface area contributed by atoms with Crippen LogP contribution in [-0.2, 0) is 24.0 Å². The Balaban J connectivity index is 5.12. The van der Waals surface area contributed by atoms with Gasteiger partial charge in [0.05, 0.1) is 6.04 Å². The number of amides is 4. The molecule has 0 heterocycles. The Kier molecular flexibility index (Phi) is 16.4. The van der Waals surface area contributed by atoms with Gasteiger partial charge >= 0.3 is 5.97 Å². The lowest BCUT2D eigenvalue weighted by Gasteiger charge is -2.24. The van der Waals surface area contributed by atoms with Crippen molar-refractivity contribution in [3.63, 3.8) is 0 Å². The summed E-state index contributed by atoms with van der Waals surface area (Å²) in [5, 5.41) is 16.6. The molecule has 0 saturated heterocycles. The van der Waals surface area contributed by atoms with Gasteiger partial charge in [0.25, 0.3) is 0 Å². The number of unbranched alkanes of at least 4 members (excludes halogenated alkanes) is 1. The maximum Gasteiger partial charge on any atom is 0.326 e. The number of aliphatic carboxylic acids is 1. The summed E-state index contributed by atoms with van der Waals surface area (Å²) in [7, 11) is 0. The van der Waals surface area contributed by atoms with Crippen LogP contribution in [0.3, 0.4) is 0 Å². The van der Waals surface area contributed by atoms with E-state index in [1.165, 1.54) is 11.8 Å².